The van der Waals surface area contributed by atoms with Crippen molar-refractivity contribution >= 4 is 16.9 Å². The first kappa shape index (κ1) is 18.9. The molecule has 1 aromatic heterocycles. The van der Waals surface area contributed by atoms with Gasteiger partial charge in [0, 0.05) is 12.1 Å². The molecule has 0 saturated heterocycles. The first-order chi connectivity index (χ1) is 14.0. The fraction of sp³-hybridized carbons (Fsp3) is 0.200. The number of aromatic nitrogens is 2. The van der Waals surface area contributed by atoms with Crippen molar-refractivity contribution in [3.8, 4) is 0 Å². The van der Waals surface area contributed by atoms with Gasteiger partial charge in [-0.15, -0.1) is 0 Å². The zero-order chi connectivity index (χ0) is 20.4. The van der Waals surface area contributed by atoms with Crippen molar-refractivity contribution in [1.29, 1.82) is 0 Å². The molecule has 4 nitrogen and oxygen atoms in total. The average molecular weight is 383 g/mol. The summed E-state index contributed by atoms with van der Waals surface area (Å²) in [4.78, 5) is 17.7. The molecule has 0 saturated carbocycles. The zero-order valence-electron chi connectivity index (χ0n) is 17.0. The molecule has 4 heteroatoms. The Bertz CT molecular complexity index is 1160. The van der Waals surface area contributed by atoms with Crippen LogP contribution in [0.3, 0.4) is 0 Å². The molecule has 1 atom stereocenters. The summed E-state index contributed by atoms with van der Waals surface area (Å²) in [5, 5.41) is 3.14. The fourth-order valence-electron chi connectivity index (χ4n) is 3.76. The molecule has 1 unspecified atom stereocenters. The number of hydrogen-bond donors (Lipinski definition) is 1. The van der Waals surface area contributed by atoms with Crippen molar-refractivity contribution in [3.05, 3.63) is 101 Å². The van der Waals surface area contributed by atoms with Crippen LogP contribution in [-0.4, -0.2) is 15.5 Å². The number of carbonyl (C=O) groups is 1. The van der Waals surface area contributed by atoms with E-state index in [1.54, 1.807) is 0 Å². The highest BCUT2D eigenvalue weighted by atomic mass is 16.1. The van der Waals surface area contributed by atoms with Crippen LogP contribution in [-0.2, 0) is 6.54 Å². The van der Waals surface area contributed by atoms with Crippen LogP contribution in [0.2, 0.25) is 0 Å². The minimum absolute atomic E-state index is 0.0756. The van der Waals surface area contributed by atoms with Gasteiger partial charge in [0.2, 0.25) is 0 Å². The van der Waals surface area contributed by atoms with Crippen molar-refractivity contribution in [2.24, 2.45) is 0 Å². The second-order valence-electron chi connectivity index (χ2n) is 7.54. The van der Waals surface area contributed by atoms with Crippen molar-refractivity contribution in [2.75, 3.05) is 0 Å². The van der Waals surface area contributed by atoms with Gasteiger partial charge < -0.3 is 9.88 Å². The number of benzene rings is 3. The van der Waals surface area contributed by atoms with Gasteiger partial charge >= 0.3 is 0 Å². The van der Waals surface area contributed by atoms with Crippen LogP contribution in [0.25, 0.3) is 11.0 Å². The largest absolute Gasteiger partial charge is 0.342 e. The first-order valence-corrected chi connectivity index (χ1v) is 9.90. The standard InChI is InChI=1S/C25H25N3O/c1-17-13-14-21(18(2)15-17)25(29)26-19(3)24-27-22-11-7-8-12-23(22)28(24)16-20-9-5-4-6-10-20/h4-15,19H,16H2,1-3H3,(H,26,29). The summed E-state index contributed by atoms with van der Waals surface area (Å²) in [6.07, 6.45) is 0. The van der Waals surface area contributed by atoms with Gasteiger partial charge in [-0.25, -0.2) is 4.98 Å². The van der Waals surface area contributed by atoms with E-state index in [2.05, 4.69) is 28.1 Å². The lowest BCUT2D eigenvalue weighted by molar-refractivity contribution is 0.0937. The number of nitrogens with zero attached hydrogens (tertiary/aromatic N) is 2. The Balaban J connectivity index is 1.67. The van der Waals surface area contributed by atoms with E-state index in [0.717, 1.165) is 28.0 Å². The molecule has 0 spiro atoms. The Morgan fingerprint density at radius 1 is 1.00 bits per heavy atom. The molecule has 0 radical (unpaired) electrons. The van der Waals surface area contributed by atoms with Gasteiger partial charge in [-0.2, -0.15) is 0 Å². The summed E-state index contributed by atoms with van der Waals surface area (Å²) >= 11 is 0. The Morgan fingerprint density at radius 3 is 2.48 bits per heavy atom. The molecule has 0 aliphatic carbocycles. The number of carbonyl (C=O) groups excluding carboxylic acids is 1. The smallest absolute Gasteiger partial charge is 0.252 e. The molecular weight excluding hydrogens is 358 g/mol. The van der Waals surface area contributed by atoms with Crippen molar-refractivity contribution < 1.29 is 4.79 Å². The summed E-state index contributed by atoms with van der Waals surface area (Å²) in [5.41, 5.74) is 6.03. The van der Waals surface area contributed by atoms with Gasteiger partial charge in [-0.1, -0.05) is 60.2 Å². The first-order valence-electron chi connectivity index (χ1n) is 9.90. The van der Waals surface area contributed by atoms with Crippen LogP contribution in [0.4, 0.5) is 0 Å². The maximum atomic E-state index is 12.9. The molecule has 0 fully saturated rings. The van der Waals surface area contributed by atoms with Crippen LogP contribution in [0.5, 0.6) is 0 Å². The number of rotatable bonds is 5. The number of amides is 1. The predicted molar refractivity (Wildman–Crippen MR) is 117 cm³/mol. The minimum Gasteiger partial charge on any atom is -0.342 e. The van der Waals surface area contributed by atoms with E-state index in [1.165, 1.54) is 5.56 Å². The summed E-state index contributed by atoms with van der Waals surface area (Å²) in [6, 6.07) is 24.1. The quantitative estimate of drug-likeness (QED) is 0.515. The fourth-order valence-corrected chi connectivity index (χ4v) is 3.76. The molecule has 1 N–H and O–H groups in total. The number of nitrogens with one attached hydrogen (secondary N) is 1. The number of fused-ring (bicyclic) bond motifs is 1. The number of aryl methyl sites for hydroxylation is 2. The summed E-state index contributed by atoms with van der Waals surface area (Å²) in [5.74, 6) is 0.779. The second-order valence-corrected chi connectivity index (χ2v) is 7.54. The summed E-state index contributed by atoms with van der Waals surface area (Å²) in [6.45, 7) is 6.70. The van der Waals surface area contributed by atoms with E-state index < -0.39 is 0 Å². The number of para-hydroxylation sites is 2. The van der Waals surface area contributed by atoms with E-state index >= 15 is 0 Å². The molecule has 3 aromatic carbocycles. The highest BCUT2D eigenvalue weighted by molar-refractivity contribution is 5.96. The third kappa shape index (κ3) is 3.92. The van der Waals surface area contributed by atoms with Gasteiger partial charge in [-0.05, 0) is 50.1 Å². The van der Waals surface area contributed by atoms with Crippen molar-refractivity contribution in [1.82, 2.24) is 14.9 Å². The molecule has 1 heterocycles. The molecule has 4 aromatic rings. The molecule has 0 aliphatic heterocycles. The SMILES string of the molecule is Cc1ccc(C(=O)NC(C)c2nc3ccccc3n2Cc2ccccc2)c(C)c1. The van der Waals surface area contributed by atoms with Gasteiger partial charge in [0.25, 0.3) is 5.91 Å². The van der Waals surface area contributed by atoms with E-state index in [1.807, 2.05) is 75.4 Å². The van der Waals surface area contributed by atoms with Crippen LogP contribution >= 0.6 is 0 Å². The Labute approximate surface area is 171 Å². The molecule has 146 valence electrons. The molecular formula is C25H25N3O. The summed E-state index contributed by atoms with van der Waals surface area (Å²) in [7, 11) is 0. The van der Waals surface area contributed by atoms with E-state index in [-0.39, 0.29) is 11.9 Å². The lowest BCUT2D eigenvalue weighted by Gasteiger charge is -2.17. The minimum atomic E-state index is -0.223. The second kappa shape index (κ2) is 7.92. The van der Waals surface area contributed by atoms with Crippen LogP contribution in [0.15, 0.2) is 72.8 Å². The Hall–Kier alpha value is -3.40. The van der Waals surface area contributed by atoms with Gasteiger partial charge in [0.1, 0.15) is 5.82 Å². The van der Waals surface area contributed by atoms with Crippen LogP contribution in [0.1, 0.15) is 45.8 Å². The van der Waals surface area contributed by atoms with Crippen molar-refractivity contribution in [3.63, 3.8) is 0 Å². The monoisotopic (exact) mass is 383 g/mol. The molecule has 0 bridgehead atoms. The highest BCUT2D eigenvalue weighted by Gasteiger charge is 2.20. The molecule has 4 rings (SSSR count). The Kier molecular flexibility index (Phi) is 5.17. The lowest BCUT2D eigenvalue weighted by atomic mass is 10.0. The zero-order valence-corrected chi connectivity index (χ0v) is 17.0. The molecule has 1 amide bonds. The predicted octanol–water partition coefficient (Wildman–Crippen LogP) is 5.19. The van der Waals surface area contributed by atoms with Gasteiger partial charge in [0.15, 0.2) is 0 Å². The Morgan fingerprint density at radius 2 is 1.72 bits per heavy atom. The van der Waals surface area contributed by atoms with Crippen LogP contribution in [0, 0.1) is 13.8 Å². The topological polar surface area (TPSA) is 46.9 Å². The normalized spacial score (nSPS) is 12.1. The maximum absolute atomic E-state index is 12.9. The van der Waals surface area contributed by atoms with Gasteiger partial charge in [-0.3, -0.25) is 4.79 Å². The van der Waals surface area contributed by atoms with Gasteiger partial charge in [0.05, 0.1) is 17.1 Å². The highest BCUT2D eigenvalue weighted by Crippen LogP contribution is 2.23. The van der Waals surface area contributed by atoms with Crippen molar-refractivity contribution in [2.45, 2.75) is 33.4 Å². The summed E-state index contributed by atoms with van der Waals surface area (Å²) < 4.78 is 2.19. The van der Waals surface area contributed by atoms with E-state index in [9.17, 15) is 4.79 Å². The number of imidazole rings is 1. The molecule has 0 aliphatic rings. The third-order valence-electron chi connectivity index (χ3n) is 5.23. The average Bonchev–Trinajstić information content (AvgIpc) is 3.07. The molecule has 29 heavy (non-hydrogen) atoms. The van der Waals surface area contributed by atoms with E-state index in [4.69, 9.17) is 4.98 Å². The number of hydrogen-bond acceptors (Lipinski definition) is 2. The van der Waals surface area contributed by atoms with Crippen LogP contribution < -0.4 is 5.32 Å². The van der Waals surface area contributed by atoms with E-state index in [0.29, 0.717) is 12.1 Å². The third-order valence-corrected chi connectivity index (χ3v) is 5.23. The lowest BCUT2D eigenvalue weighted by Crippen LogP contribution is -2.29. The maximum Gasteiger partial charge on any atom is 0.252 e.